The highest BCUT2D eigenvalue weighted by molar-refractivity contribution is 5.91. The van der Waals surface area contributed by atoms with Crippen LogP contribution in [0.2, 0.25) is 0 Å². The lowest BCUT2D eigenvalue weighted by atomic mass is 9.71. The second-order valence-corrected chi connectivity index (χ2v) is 6.03. The number of aromatic nitrogens is 5. The summed E-state index contributed by atoms with van der Waals surface area (Å²) in [5.41, 5.74) is 0.735. The summed E-state index contributed by atoms with van der Waals surface area (Å²) in [6, 6.07) is 3.60. The number of hydrogen-bond acceptors (Lipinski definition) is 5. The largest absolute Gasteiger partial charge is 0.326 e. The molecule has 1 fully saturated rings. The van der Waals surface area contributed by atoms with Crippen molar-refractivity contribution in [3.63, 3.8) is 0 Å². The van der Waals surface area contributed by atoms with Gasteiger partial charge in [-0.05, 0) is 40.8 Å². The van der Waals surface area contributed by atoms with Gasteiger partial charge in [-0.3, -0.25) is 9.78 Å². The van der Waals surface area contributed by atoms with E-state index in [0.29, 0.717) is 13.0 Å². The number of anilines is 1. The highest BCUT2D eigenvalue weighted by Crippen LogP contribution is 2.40. The molecule has 1 amide bonds. The van der Waals surface area contributed by atoms with Gasteiger partial charge in [0.15, 0.2) is 0 Å². The maximum atomic E-state index is 12.4. The molecule has 0 aromatic carbocycles. The molecule has 1 N–H and O–H groups in total. The summed E-state index contributed by atoms with van der Waals surface area (Å²) in [6.45, 7) is 0.698. The number of rotatable bonds is 5. The average Bonchev–Trinajstić information content (AvgIpc) is 3.01. The first kappa shape index (κ1) is 14.6. The van der Waals surface area contributed by atoms with Gasteiger partial charge in [-0.15, -0.1) is 5.10 Å². The Bertz CT molecular complexity index is 592. The first-order chi connectivity index (χ1) is 10.8. The fraction of sp³-hybridized carbons (Fsp3) is 0.533. The molecular weight excluding hydrogens is 280 g/mol. The van der Waals surface area contributed by atoms with Gasteiger partial charge in [0.25, 0.3) is 0 Å². The fourth-order valence-electron chi connectivity index (χ4n) is 3.27. The Morgan fingerprint density at radius 1 is 1.23 bits per heavy atom. The number of carbonyl (C=O) groups is 1. The van der Waals surface area contributed by atoms with Crippen LogP contribution in [0.15, 0.2) is 30.9 Å². The molecule has 3 rings (SSSR count). The molecule has 2 aromatic heterocycles. The SMILES string of the molecule is O=C(CC1(Cn2cnnn2)CCCCC1)Nc1ccncc1. The Morgan fingerprint density at radius 2 is 2.00 bits per heavy atom. The first-order valence-electron chi connectivity index (χ1n) is 7.66. The highest BCUT2D eigenvalue weighted by atomic mass is 16.1. The summed E-state index contributed by atoms with van der Waals surface area (Å²) in [5, 5.41) is 14.3. The van der Waals surface area contributed by atoms with Gasteiger partial charge in [0.1, 0.15) is 6.33 Å². The third-order valence-electron chi connectivity index (χ3n) is 4.30. The Kier molecular flexibility index (Phi) is 4.41. The molecule has 1 aliphatic rings. The smallest absolute Gasteiger partial charge is 0.225 e. The Balaban J connectivity index is 1.68. The van der Waals surface area contributed by atoms with Crippen molar-refractivity contribution in [2.45, 2.75) is 45.1 Å². The molecule has 0 bridgehead atoms. The van der Waals surface area contributed by atoms with E-state index in [9.17, 15) is 4.79 Å². The third kappa shape index (κ3) is 3.66. The molecule has 22 heavy (non-hydrogen) atoms. The molecule has 0 spiro atoms. The highest BCUT2D eigenvalue weighted by Gasteiger charge is 2.35. The molecule has 1 aliphatic carbocycles. The lowest BCUT2D eigenvalue weighted by molar-refractivity contribution is -0.119. The minimum atomic E-state index is -0.0508. The molecule has 0 atom stereocenters. The van der Waals surface area contributed by atoms with Crippen LogP contribution in [0, 0.1) is 5.41 Å². The van der Waals surface area contributed by atoms with Crippen LogP contribution >= 0.6 is 0 Å². The number of tetrazole rings is 1. The van der Waals surface area contributed by atoms with Crippen molar-refractivity contribution in [2.75, 3.05) is 5.32 Å². The number of carbonyl (C=O) groups excluding carboxylic acids is 1. The molecule has 7 heteroatoms. The van der Waals surface area contributed by atoms with Gasteiger partial charge in [0.2, 0.25) is 5.91 Å². The van der Waals surface area contributed by atoms with Crippen molar-refractivity contribution >= 4 is 11.6 Å². The fourth-order valence-corrected chi connectivity index (χ4v) is 3.27. The van der Waals surface area contributed by atoms with Gasteiger partial charge in [-0.25, -0.2) is 4.68 Å². The predicted octanol–water partition coefficient (Wildman–Crippen LogP) is 2.05. The predicted molar refractivity (Wildman–Crippen MR) is 80.8 cm³/mol. The Hall–Kier alpha value is -2.31. The normalized spacial score (nSPS) is 17.1. The molecular formula is C15H20N6O. The van der Waals surface area contributed by atoms with Crippen LogP contribution < -0.4 is 5.32 Å². The van der Waals surface area contributed by atoms with Crippen LogP contribution in [0.5, 0.6) is 0 Å². The number of amides is 1. The average molecular weight is 300 g/mol. The molecule has 0 aliphatic heterocycles. The van der Waals surface area contributed by atoms with Crippen LogP contribution in [0.4, 0.5) is 5.69 Å². The van der Waals surface area contributed by atoms with Gasteiger partial charge < -0.3 is 5.32 Å². The minimum Gasteiger partial charge on any atom is -0.326 e. The van der Waals surface area contributed by atoms with Crippen LogP contribution in [0.3, 0.4) is 0 Å². The topological polar surface area (TPSA) is 85.6 Å². The van der Waals surface area contributed by atoms with Crippen molar-refractivity contribution in [3.8, 4) is 0 Å². The molecule has 7 nitrogen and oxygen atoms in total. The van der Waals surface area contributed by atoms with E-state index in [1.54, 1.807) is 35.5 Å². The van der Waals surface area contributed by atoms with Gasteiger partial charge in [0, 0.05) is 24.5 Å². The summed E-state index contributed by atoms with van der Waals surface area (Å²) in [6.07, 6.45) is 11.1. The van der Waals surface area contributed by atoms with E-state index in [0.717, 1.165) is 31.4 Å². The molecule has 0 unspecified atom stereocenters. The zero-order valence-electron chi connectivity index (χ0n) is 12.5. The van der Waals surface area contributed by atoms with Gasteiger partial charge >= 0.3 is 0 Å². The lowest BCUT2D eigenvalue weighted by Gasteiger charge is -2.36. The Morgan fingerprint density at radius 3 is 2.68 bits per heavy atom. The molecule has 2 heterocycles. The molecule has 116 valence electrons. The first-order valence-corrected chi connectivity index (χ1v) is 7.66. The maximum absolute atomic E-state index is 12.4. The minimum absolute atomic E-state index is 0.0428. The summed E-state index contributed by atoms with van der Waals surface area (Å²) in [4.78, 5) is 16.4. The molecule has 2 aromatic rings. The van der Waals surface area contributed by atoms with Crippen molar-refractivity contribution in [1.29, 1.82) is 0 Å². The van der Waals surface area contributed by atoms with E-state index in [1.807, 2.05) is 0 Å². The molecule has 0 saturated heterocycles. The zero-order chi connectivity index (χ0) is 15.3. The Labute approximate surface area is 129 Å². The molecule has 0 radical (unpaired) electrons. The molecule has 1 saturated carbocycles. The van der Waals surface area contributed by atoms with E-state index in [1.165, 1.54) is 6.42 Å². The maximum Gasteiger partial charge on any atom is 0.225 e. The van der Waals surface area contributed by atoms with E-state index in [2.05, 4.69) is 25.8 Å². The summed E-state index contributed by atoms with van der Waals surface area (Å²) in [7, 11) is 0. The second kappa shape index (κ2) is 6.64. The number of hydrogen-bond donors (Lipinski definition) is 1. The van der Waals surface area contributed by atoms with Crippen molar-refractivity contribution < 1.29 is 4.79 Å². The third-order valence-corrected chi connectivity index (χ3v) is 4.30. The van der Waals surface area contributed by atoms with Gasteiger partial charge in [0.05, 0.1) is 6.54 Å². The number of pyridine rings is 1. The van der Waals surface area contributed by atoms with Crippen molar-refractivity contribution in [2.24, 2.45) is 5.41 Å². The summed E-state index contributed by atoms with van der Waals surface area (Å²) < 4.78 is 1.74. The van der Waals surface area contributed by atoms with Crippen molar-refractivity contribution in [3.05, 3.63) is 30.9 Å². The summed E-state index contributed by atoms with van der Waals surface area (Å²) in [5.74, 6) is 0.0428. The van der Waals surface area contributed by atoms with Crippen LogP contribution in [0.1, 0.15) is 38.5 Å². The van der Waals surface area contributed by atoms with Gasteiger partial charge in [-0.2, -0.15) is 0 Å². The number of nitrogens with one attached hydrogen (secondary N) is 1. The van der Waals surface area contributed by atoms with Crippen LogP contribution in [-0.4, -0.2) is 31.1 Å². The number of nitrogens with zero attached hydrogens (tertiary/aromatic N) is 5. The van der Waals surface area contributed by atoms with Crippen LogP contribution in [0.25, 0.3) is 0 Å². The lowest BCUT2D eigenvalue weighted by Crippen LogP contribution is -2.34. The van der Waals surface area contributed by atoms with Gasteiger partial charge in [-0.1, -0.05) is 19.3 Å². The van der Waals surface area contributed by atoms with Crippen molar-refractivity contribution in [1.82, 2.24) is 25.2 Å². The zero-order valence-corrected chi connectivity index (χ0v) is 12.5. The standard InChI is InChI=1S/C15H20N6O/c22-14(18-13-4-8-16-9-5-13)10-15(6-2-1-3-7-15)11-21-12-17-19-20-21/h4-5,8-9,12H,1-3,6-7,10-11H2,(H,16,18,22). The quantitative estimate of drug-likeness (QED) is 0.913. The van der Waals surface area contributed by atoms with E-state index in [-0.39, 0.29) is 11.3 Å². The summed E-state index contributed by atoms with van der Waals surface area (Å²) >= 11 is 0. The monoisotopic (exact) mass is 300 g/mol. The van der Waals surface area contributed by atoms with E-state index < -0.39 is 0 Å². The second-order valence-electron chi connectivity index (χ2n) is 6.03. The van der Waals surface area contributed by atoms with E-state index >= 15 is 0 Å². The van der Waals surface area contributed by atoms with E-state index in [4.69, 9.17) is 0 Å². The van der Waals surface area contributed by atoms with Crippen LogP contribution in [-0.2, 0) is 11.3 Å².